The van der Waals surface area contributed by atoms with Gasteiger partial charge in [-0.15, -0.1) is 0 Å². The van der Waals surface area contributed by atoms with Crippen LogP contribution < -0.4 is 4.74 Å². The molecule has 0 aliphatic carbocycles. The molecule has 0 amide bonds. The second kappa shape index (κ2) is 9.70. The average molecular weight is 528 g/mol. The Hall–Kier alpha value is -2.95. The first-order chi connectivity index (χ1) is 14.4. The first kappa shape index (κ1) is 21.8. The summed E-state index contributed by atoms with van der Waals surface area (Å²) in [4.78, 5) is 10.3. The van der Waals surface area contributed by atoms with Crippen LogP contribution in [-0.4, -0.2) is 4.92 Å². The van der Waals surface area contributed by atoms with E-state index in [0.717, 1.165) is 31.2 Å². The number of allylic oxidation sites excluding steroid dienone is 1. The molecule has 0 radical (unpaired) electrons. The molecule has 0 aromatic heterocycles. The van der Waals surface area contributed by atoms with Gasteiger partial charge in [0.25, 0.3) is 5.69 Å². The Balaban J connectivity index is 1.80. The van der Waals surface area contributed by atoms with Crippen molar-refractivity contribution >= 4 is 49.2 Å². The highest BCUT2D eigenvalue weighted by Gasteiger charge is 2.11. The lowest BCUT2D eigenvalue weighted by atomic mass is 10.0. The minimum atomic E-state index is -0.434. The highest BCUT2D eigenvalue weighted by Crippen LogP contribution is 2.36. The molecule has 0 bridgehead atoms. The van der Waals surface area contributed by atoms with E-state index in [1.54, 1.807) is 12.1 Å². The van der Waals surface area contributed by atoms with Crippen LogP contribution in [0.4, 0.5) is 5.69 Å². The molecule has 0 aliphatic rings. The number of nitro benzene ring substituents is 1. The number of nitro groups is 1. The van der Waals surface area contributed by atoms with Crippen LogP contribution in [0.5, 0.6) is 5.75 Å². The molecule has 0 aliphatic heterocycles. The van der Waals surface area contributed by atoms with Gasteiger partial charge in [0.05, 0.1) is 25.5 Å². The summed E-state index contributed by atoms with van der Waals surface area (Å²) in [5.41, 5.74) is 4.25. The number of hydrogen-bond acceptors (Lipinski definition) is 4. The molecular weight excluding hydrogens is 512 g/mol. The number of nitrogens with zero attached hydrogens (tertiary/aromatic N) is 2. The topological polar surface area (TPSA) is 76.2 Å². The molecule has 5 nitrogen and oxygen atoms in total. The number of halogens is 2. The predicted molar refractivity (Wildman–Crippen MR) is 124 cm³/mol. The molecule has 0 unspecified atom stereocenters. The zero-order valence-corrected chi connectivity index (χ0v) is 19.1. The van der Waals surface area contributed by atoms with Crippen LogP contribution in [0.15, 0.2) is 69.6 Å². The molecule has 3 rings (SSSR count). The first-order valence-electron chi connectivity index (χ1n) is 8.91. The van der Waals surface area contributed by atoms with Crippen molar-refractivity contribution < 1.29 is 9.66 Å². The Morgan fingerprint density at radius 1 is 1.10 bits per heavy atom. The minimum absolute atomic E-state index is 0.0409. The van der Waals surface area contributed by atoms with Crippen molar-refractivity contribution in [3.63, 3.8) is 0 Å². The van der Waals surface area contributed by atoms with Crippen molar-refractivity contribution in [3.8, 4) is 11.8 Å². The van der Waals surface area contributed by atoms with E-state index >= 15 is 0 Å². The van der Waals surface area contributed by atoms with Crippen LogP contribution in [0.2, 0.25) is 0 Å². The maximum absolute atomic E-state index is 10.8. The second-order valence-electron chi connectivity index (χ2n) is 6.56. The highest BCUT2D eigenvalue weighted by atomic mass is 79.9. The van der Waals surface area contributed by atoms with Crippen LogP contribution >= 0.6 is 31.9 Å². The van der Waals surface area contributed by atoms with Gasteiger partial charge in [-0.2, -0.15) is 5.26 Å². The van der Waals surface area contributed by atoms with Crippen LogP contribution in [-0.2, 0) is 6.61 Å². The fraction of sp³-hybridized carbons (Fsp3) is 0.0870. The van der Waals surface area contributed by atoms with Gasteiger partial charge in [0.15, 0.2) is 0 Å². The number of benzene rings is 3. The monoisotopic (exact) mass is 526 g/mol. The summed E-state index contributed by atoms with van der Waals surface area (Å²) in [7, 11) is 0. The number of nitriles is 1. The molecular formula is C23H16Br2N2O3. The molecule has 0 saturated carbocycles. The minimum Gasteiger partial charge on any atom is -0.487 e. The van der Waals surface area contributed by atoms with Gasteiger partial charge in [-0.25, -0.2) is 0 Å². The molecule has 3 aromatic carbocycles. The Kier molecular flexibility index (Phi) is 7.03. The highest BCUT2D eigenvalue weighted by molar-refractivity contribution is 9.11. The van der Waals surface area contributed by atoms with Crippen molar-refractivity contribution in [2.24, 2.45) is 0 Å². The first-order valence-corrected chi connectivity index (χ1v) is 10.5. The third-order valence-electron chi connectivity index (χ3n) is 4.34. The van der Waals surface area contributed by atoms with Gasteiger partial charge < -0.3 is 4.74 Å². The normalized spacial score (nSPS) is 11.1. The Labute approximate surface area is 191 Å². The molecule has 0 heterocycles. The smallest absolute Gasteiger partial charge is 0.269 e. The van der Waals surface area contributed by atoms with Crippen molar-refractivity contribution in [1.82, 2.24) is 0 Å². The molecule has 7 heteroatoms. The van der Waals surface area contributed by atoms with Crippen LogP contribution in [0.1, 0.15) is 22.3 Å². The molecule has 0 saturated heterocycles. The van der Waals surface area contributed by atoms with Crippen molar-refractivity contribution in [2.75, 3.05) is 0 Å². The lowest BCUT2D eigenvalue weighted by Crippen LogP contribution is -1.98. The third-order valence-corrected chi connectivity index (χ3v) is 5.52. The van der Waals surface area contributed by atoms with E-state index in [1.807, 2.05) is 49.4 Å². The molecule has 0 spiro atoms. The summed E-state index contributed by atoms with van der Waals surface area (Å²) < 4.78 is 7.34. The maximum atomic E-state index is 10.8. The number of non-ortho nitro benzene ring substituents is 1. The van der Waals surface area contributed by atoms with E-state index in [0.29, 0.717) is 11.3 Å². The van der Waals surface area contributed by atoms with E-state index in [-0.39, 0.29) is 12.3 Å². The summed E-state index contributed by atoms with van der Waals surface area (Å²) >= 11 is 7.05. The molecule has 150 valence electrons. The van der Waals surface area contributed by atoms with Crippen molar-refractivity contribution in [3.05, 3.63) is 102 Å². The summed E-state index contributed by atoms with van der Waals surface area (Å²) in [5.74, 6) is 0.611. The summed E-state index contributed by atoms with van der Waals surface area (Å²) in [6, 6.07) is 20.0. The SMILES string of the molecule is Cc1ccc(/C(C#N)=C\c2cc(Br)c(OCc3ccc([N+](=O)[O-])cc3)c(Br)c2)cc1. The van der Waals surface area contributed by atoms with E-state index in [4.69, 9.17) is 4.74 Å². The number of rotatable bonds is 6. The van der Waals surface area contributed by atoms with Gasteiger partial charge in [-0.05, 0) is 85.8 Å². The third kappa shape index (κ3) is 5.35. The fourth-order valence-corrected chi connectivity index (χ4v) is 4.20. The van der Waals surface area contributed by atoms with Gasteiger partial charge in [-0.1, -0.05) is 29.8 Å². The maximum Gasteiger partial charge on any atom is 0.269 e. The van der Waals surface area contributed by atoms with Crippen molar-refractivity contribution in [1.29, 1.82) is 5.26 Å². The average Bonchev–Trinajstić information content (AvgIpc) is 2.72. The summed E-state index contributed by atoms with van der Waals surface area (Å²) in [5, 5.41) is 20.3. The standard InChI is InChI=1S/C23H16Br2N2O3/c1-15-2-6-18(7-3-15)19(13-26)10-17-11-21(24)23(22(25)12-17)30-14-16-4-8-20(9-5-16)27(28)29/h2-12H,14H2,1H3/b19-10-. The van der Waals surface area contributed by atoms with Gasteiger partial charge >= 0.3 is 0 Å². The van der Waals surface area contributed by atoms with Gasteiger partial charge in [0.1, 0.15) is 12.4 Å². The number of ether oxygens (including phenoxy) is 1. The quantitative estimate of drug-likeness (QED) is 0.149. The lowest BCUT2D eigenvalue weighted by Gasteiger charge is -2.12. The molecule has 0 N–H and O–H groups in total. The van der Waals surface area contributed by atoms with Gasteiger partial charge in [-0.3, -0.25) is 10.1 Å². The summed E-state index contributed by atoms with van der Waals surface area (Å²) in [6.45, 7) is 2.26. The molecule has 0 atom stereocenters. The number of aryl methyl sites for hydroxylation is 1. The summed E-state index contributed by atoms with van der Waals surface area (Å²) in [6.07, 6.45) is 1.82. The van der Waals surface area contributed by atoms with E-state index in [2.05, 4.69) is 37.9 Å². The fourth-order valence-electron chi connectivity index (χ4n) is 2.75. The molecule has 0 fully saturated rings. The lowest BCUT2D eigenvalue weighted by molar-refractivity contribution is -0.384. The zero-order chi connectivity index (χ0) is 21.7. The van der Waals surface area contributed by atoms with Crippen molar-refractivity contribution in [2.45, 2.75) is 13.5 Å². The Morgan fingerprint density at radius 2 is 1.70 bits per heavy atom. The zero-order valence-electron chi connectivity index (χ0n) is 15.9. The van der Waals surface area contributed by atoms with Gasteiger partial charge in [0, 0.05) is 12.1 Å². The van der Waals surface area contributed by atoms with Crippen LogP contribution in [0.3, 0.4) is 0 Å². The van der Waals surface area contributed by atoms with E-state index in [1.165, 1.54) is 12.1 Å². The Morgan fingerprint density at radius 3 is 2.23 bits per heavy atom. The second-order valence-corrected chi connectivity index (χ2v) is 8.27. The predicted octanol–water partition coefficient (Wildman–Crippen LogP) is 7.07. The largest absolute Gasteiger partial charge is 0.487 e. The van der Waals surface area contributed by atoms with E-state index < -0.39 is 4.92 Å². The number of hydrogen-bond donors (Lipinski definition) is 0. The van der Waals surface area contributed by atoms with E-state index in [9.17, 15) is 15.4 Å². The van der Waals surface area contributed by atoms with Crippen LogP contribution in [0, 0.1) is 28.4 Å². The van der Waals surface area contributed by atoms with Gasteiger partial charge in [0.2, 0.25) is 0 Å². The molecule has 30 heavy (non-hydrogen) atoms. The Bertz CT molecular complexity index is 1130. The molecule has 3 aromatic rings. The van der Waals surface area contributed by atoms with Crippen LogP contribution in [0.25, 0.3) is 11.6 Å².